The van der Waals surface area contributed by atoms with Crippen molar-refractivity contribution in [3.8, 4) is 0 Å². The van der Waals surface area contributed by atoms with Gasteiger partial charge in [0.25, 0.3) is 0 Å². The summed E-state index contributed by atoms with van der Waals surface area (Å²) in [6.07, 6.45) is 0.346. The van der Waals surface area contributed by atoms with Gasteiger partial charge in [0, 0.05) is 12.5 Å². The lowest BCUT2D eigenvalue weighted by Crippen LogP contribution is -2.40. The van der Waals surface area contributed by atoms with Crippen LogP contribution in [0.4, 0.5) is 8.78 Å². The molecule has 20 heavy (non-hydrogen) atoms. The van der Waals surface area contributed by atoms with E-state index < -0.39 is 29.6 Å². The van der Waals surface area contributed by atoms with Crippen molar-refractivity contribution in [2.45, 2.75) is 32.7 Å². The number of carbonyl (C=O) groups is 2. The van der Waals surface area contributed by atoms with Crippen LogP contribution in [0, 0.1) is 17.6 Å². The highest BCUT2D eigenvalue weighted by Crippen LogP contribution is 2.10. The molecule has 2 atom stereocenters. The molecule has 2 N–H and O–H groups in total. The summed E-state index contributed by atoms with van der Waals surface area (Å²) in [5, 5.41) is 11.4. The van der Waals surface area contributed by atoms with Gasteiger partial charge in [-0.25, -0.2) is 8.78 Å². The fourth-order valence-corrected chi connectivity index (χ4v) is 1.62. The fourth-order valence-electron chi connectivity index (χ4n) is 1.62. The Morgan fingerprint density at radius 2 is 1.90 bits per heavy atom. The zero-order valence-electron chi connectivity index (χ0n) is 11.3. The van der Waals surface area contributed by atoms with E-state index in [2.05, 4.69) is 5.32 Å². The summed E-state index contributed by atoms with van der Waals surface area (Å²) in [7, 11) is 0. The molecule has 1 rings (SSSR count). The van der Waals surface area contributed by atoms with Gasteiger partial charge >= 0.3 is 5.97 Å². The van der Waals surface area contributed by atoms with E-state index in [1.165, 1.54) is 13.0 Å². The maximum Gasteiger partial charge on any atom is 0.308 e. The number of aliphatic carboxylic acids is 1. The van der Waals surface area contributed by atoms with Crippen LogP contribution in [0.3, 0.4) is 0 Å². The van der Waals surface area contributed by atoms with E-state index in [0.717, 1.165) is 12.1 Å². The van der Waals surface area contributed by atoms with Crippen LogP contribution in [0.15, 0.2) is 18.2 Å². The summed E-state index contributed by atoms with van der Waals surface area (Å²) in [6, 6.07) is 2.98. The van der Waals surface area contributed by atoms with E-state index in [4.69, 9.17) is 5.11 Å². The van der Waals surface area contributed by atoms with Crippen molar-refractivity contribution >= 4 is 11.9 Å². The molecular weight excluding hydrogens is 268 g/mol. The first-order chi connectivity index (χ1) is 9.31. The highest BCUT2D eigenvalue weighted by atomic mass is 19.2. The van der Waals surface area contributed by atoms with Crippen LogP contribution in [0.25, 0.3) is 0 Å². The van der Waals surface area contributed by atoms with E-state index in [0.29, 0.717) is 5.56 Å². The molecule has 0 bridgehead atoms. The first-order valence-electron chi connectivity index (χ1n) is 6.27. The second-order valence-corrected chi connectivity index (χ2v) is 4.73. The van der Waals surface area contributed by atoms with Crippen molar-refractivity contribution in [2.75, 3.05) is 0 Å². The quantitative estimate of drug-likeness (QED) is 0.841. The molecule has 0 aliphatic heterocycles. The number of rotatable bonds is 6. The number of carboxylic acids is 1. The Balaban J connectivity index is 2.47. The lowest BCUT2D eigenvalue weighted by Gasteiger charge is -2.17. The van der Waals surface area contributed by atoms with Gasteiger partial charge < -0.3 is 10.4 Å². The maximum absolute atomic E-state index is 13.0. The topological polar surface area (TPSA) is 66.4 Å². The van der Waals surface area contributed by atoms with Gasteiger partial charge in [0.1, 0.15) is 0 Å². The van der Waals surface area contributed by atoms with Crippen molar-refractivity contribution < 1.29 is 23.5 Å². The third-order valence-corrected chi connectivity index (χ3v) is 3.15. The summed E-state index contributed by atoms with van der Waals surface area (Å²) < 4.78 is 25.7. The molecule has 0 aromatic heterocycles. The third kappa shape index (κ3) is 4.60. The number of aryl methyl sites for hydroxylation is 1. The summed E-state index contributed by atoms with van der Waals surface area (Å²) in [6.45, 7) is 3.11. The molecule has 0 saturated heterocycles. The molecule has 6 heteroatoms. The van der Waals surface area contributed by atoms with Crippen molar-refractivity contribution in [3.05, 3.63) is 35.4 Å². The average Bonchev–Trinajstić information content (AvgIpc) is 2.39. The van der Waals surface area contributed by atoms with Crippen LogP contribution < -0.4 is 5.32 Å². The van der Waals surface area contributed by atoms with Gasteiger partial charge in [-0.2, -0.15) is 0 Å². The Bertz CT molecular complexity index is 505. The number of carbonyl (C=O) groups excluding carboxylic acids is 1. The Morgan fingerprint density at radius 1 is 1.25 bits per heavy atom. The van der Waals surface area contributed by atoms with Crippen LogP contribution in [0.1, 0.15) is 25.8 Å². The normalized spacial score (nSPS) is 13.6. The Labute approximate surface area is 115 Å². The molecule has 0 aliphatic rings. The van der Waals surface area contributed by atoms with Gasteiger partial charge in [-0.05, 0) is 38.0 Å². The Morgan fingerprint density at radius 3 is 2.45 bits per heavy atom. The number of benzene rings is 1. The highest BCUT2D eigenvalue weighted by Gasteiger charge is 2.20. The van der Waals surface area contributed by atoms with Gasteiger partial charge in [-0.1, -0.05) is 6.07 Å². The van der Waals surface area contributed by atoms with Gasteiger partial charge in [0.2, 0.25) is 5.91 Å². The van der Waals surface area contributed by atoms with E-state index in [9.17, 15) is 18.4 Å². The smallest absolute Gasteiger partial charge is 0.308 e. The molecule has 0 saturated carbocycles. The standard InChI is InChI=1S/C14H17F2NO3/c1-8(14(19)20)9(2)17-13(18)6-4-10-3-5-11(15)12(16)7-10/h3,5,7-9H,4,6H2,1-2H3,(H,17,18)(H,19,20). The van der Waals surface area contributed by atoms with E-state index in [1.54, 1.807) is 6.92 Å². The molecule has 2 unspecified atom stereocenters. The minimum atomic E-state index is -0.988. The first kappa shape index (κ1) is 16.1. The fraction of sp³-hybridized carbons (Fsp3) is 0.429. The van der Waals surface area contributed by atoms with Crippen molar-refractivity contribution in [3.63, 3.8) is 0 Å². The lowest BCUT2D eigenvalue weighted by atomic mass is 10.0. The van der Waals surface area contributed by atoms with Crippen LogP contribution in [0.5, 0.6) is 0 Å². The molecule has 0 heterocycles. The second-order valence-electron chi connectivity index (χ2n) is 4.73. The van der Waals surface area contributed by atoms with Crippen molar-refractivity contribution in [1.29, 1.82) is 0 Å². The summed E-state index contributed by atoms with van der Waals surface area (Å²) >= 11 is 0. The van der Waals surface area contributed by atoms with Gasteiger partial charge in [-0.15, -0.1) is 0 Å². The summed E-state index contributed by atoms with van der Waals surface area (Å²) in [5.74, 6) is -3.88. The largest absolute Gasteiger partial charge is 0.481 e. The first-order valence-corrected chi connectivity index (χ1v) is 6.27. The minimum Gasteiger partial charge on any atom is -0.481 e. The number of amides is 1. The number of hydrogen-bond donors (Lipinski definition) is 2. The van der Waals surface area contributed by atoms with Gasteiger partial charge in [0.05, 0.1) is 5.92 Å². The van der Waals surface area contributed by atoms with E-state index in [1.807, 2.05) is 0 Å². The van der Waals surface area contributed by atoms with Crippen LogP contribution >= 0.6 is 0 Å². The number of nitrogens with one attached hydrogen (secondary N) is 1. The molecule has 4 nitrogen and oxygen atoms in total. The molecule has 0 aliphatic carbocycles. The maximum atomic E-state index is 13.0. The molecule has 0 spiro atoms. The highest BCUT2D eigenvalue weighted by molar-refractivity contribution is 5.78. The molecule has 110 valence electrons. The predicted octanol–water partition coefficient (Wildman–Crippen LogP) is 2.12. The number of hydrogen-bond acceptors (Lipinski definition) is 2. The molecule has 0 radical (unpaired) electrons. The third-order valence-electron chi connectivity index (χ3n) is 3.15. The van der Waals surface area contributed by atoms with Crippen molar-refractivity contribution in [1.82, 2.24) is 5.32 Å². The Hall–Kier alpha value is -1.98. The molecule has 1 amide bonds. The van der Waals surface area contributed by atoms with Gasteiger partial charge in [-0.3, -0.25) is 9.59 Å². The zero-order chi connectivity index (χ0) is 15.3. The number of halogens is 2. The van der Waals surface area contributed by atoms with Gasteiger partial charge in [0.15, 0.2) is 11.6 Å². The zero-order valence-corrected chi connectivity index (χ0v) is 11.3. The Kier molecular flexibility index (Phi) is 5.61. The number of carboxylic acid groups (broad SMARTS) is 1. The van der Waals surface area contributed by atoms with E-state index >= 15 is 0 Å². The average molecular weight is 285 g/mol. The predicted molar refractivity (Wildman–Crippen MR) is 69.1 cm³/mol. The SMILES string of the molecule is CC(NC(=O)CCc1ccc(F)c(F)c1)C(C)C(=O)O. The van der Waals surface area contributed by atoms with Crippen LogP contribution in [0.2, 0.25) is 0 Å². The molecular formula is C14H17F2NO3. The second kappa shape index (κ2) is 6.98. The summed E-state index contributed by atoms with van der Waals surface area (Å²) in [4.78, 5) is 22.4. The van der Waals surface area contributed by atoms with Crippen LogP contribution in [-0.4, -0.2) is 23.0 Å². The molecule has 1 aromatic rings. The monoisotopic (exact) mass is 285 g/mol. The van der Waals surface area contributed by atoms with E-state index in [-0.39, 0.29) is 18.7 Å². The minimum absolute atomic E-state index is 0.0851. The summed E-state index contributed by atoms with van der Waals surface area (Å²) in [5.41, 5.74) is 0.512. The molecule has 1 aromatic carbocycles. The lowest BCUT2D eigenvalue weighted by molar-refractivity contribution is -0.142. The van der Waals surface area contributed by atoms with Crippen LogP contribution in [-0.2, 0) is 16.0 Å². The van der Waals surface area contributed by atoms with Crippen molar-refractivity contribution in [2.24, 2.45) is 5.92 Å². The molecule has 0 fully saturated rings.